The number of methoxy groups -OCH3 is 1. The fourth-order valence-electron chi connectivity index (χ4n) is 1.58. The van der Waals surface area contributed by atoms with E-state index in [0.29, 0.717) is 0 Å². The first kappa shape index (κ1) is 10.4. The molecule has 1 aromatic heterocycles. The summed E-state index contributed by atoms with van der Waals surface area (Å²) in [6.45, 7) is 0. The Labute approximate surface area is 93.5 Å². The monoisotopic (exact) mass is 216 g/mol. The molecule has 0 fully saturated rings. The lowest BCUT2D eigenvalue weighted by molar-refractivity contribution is -0.143. The first-order valence-corrected chi connectivity index (χ1v) is 4.95. The van der Waals surface area contributed by atoms with Gasteiger partial charge >= 0.3 is 5.97 Å². The van der Waals surface area contributed by atoms with Crippen LogP contribution in [0.2, 0.25) is 0 Å². The molecule has 0 aliphatic carbocycles. The predicted octanol–water partition coefficient (Wildman–Crippen LogP) is 1.65. The van der Waals surface area contributed by atoms with Crippen LogP contribution in [0.3, 0.4) is 0 Å². The molecule has 0 saturated heterocycles. The van der Waals surface area contributed by atoms with Crippen molar-refractivity contribution in [3.63, 3.8) is 0 Å². The summed E-state index contributed by atoms with van der Waals surface area (Å²) in [5.74, 6) is -0.324. The maximum Gasteiger partial charge on any atom is 0.335 e. The number of carbonyl (C=O) groups is 1. The molecule has 4 heteroatoms. The molecule has 1 aromatic carbocycles. The first-order valence-electron chi connectivity index (χ1n) is 4.95. The lowest BCUT2D eigenvalue weighted by Crippen LogP contribution is -2.22. The summed E-state index contributed by atoms with van der Waals surface area (Å²) in [7, 11) is 1.38. The Kier molecular flexibility index (Phi) is 3.00. The Morgan fingerprint density at radius 3 is 2.62 bits per heavy atom. The number of esters is 1. The van der Waals surface area contributed by atoms with Crippen molar-refractivity contribution < 1.29 is 9.53 Å². The van der Waals surface area contributed by atoms with Crippen molar-refractivity contribution >= 4 is 5.97 Å². The van der Waals surface area contributed by atoms with Gasteiger partial charge in [-0.05, 0) is 11.6 Å². The van der Waals surface area contributed by atoms with Gasteiger partial charge in [0.05, 0.1) is 7.11 Å². The zero-order valence-corrected chi connectivity index (χ0v) is 8.91. The highest BCUT2D eigenvalue weighted by Gasteiger charge is 2.23. The molecule has 0 amide bonds. The zero-order valence-electron chi connectivity index (χ0n) is 8.91. The molecule has 0 N–H and O–H groups in total. The standard InChI is InChI=1S/C12H12N2O2/c1-16-12(15)11(14-9-5-8-13-14)10-6-3-2-4-7-10/h2-9,11H,1H3/t11-/m1/s1. The maximum absolute atomic E-state index is 11.7. The second-order valence-electron chi connectivity index (χ2n) is 3.32. The van der Waals surface area contributed by atoms with Gasteiger partial charge in [-0.2, -0.15) is 5.10 Å². The molecule has 0 saturated carbocycles. The summed E-state index contributed by atoms with van der Waals surface area (Å²) in [5, 5.41) is 4.08. The van der Waals surface area contributed by atoms with E-state index in [1.165, 1.54) is 7.11 Å². The highest BCUT2D eigenvalue weighted by Crippen LogP contribution is 2.18. The topological polar surface area (TPSA) is 44.1 Å². The van der Waals surface area contributed by atoms with Crippen molar-refractivity contribution in [2.75, 3.05) is 7.11 Å². The molecule has 1 heterocycles. The number of hydrogen-bond donors (Lipinski definition) is 0. The Morgan fingerprint density at radius 1 is 1.31 bits per heavy atom. The molecule has 0 aliphatic heterocycles. The number of aromatic nitrogens is 2. The van der Waals surface area contributed by atoms with Crippen molar-refractivity contribution in [3.8, 4) is 0 Å². The van der Waals surface area contributed by atoms with Gasteiger partial charge in [-0.3, -0.25) is 4.68 Å². The van der Waals surface area contributed by atoms with Crippen molar-refractivity contribution in [2.45, 2.75) is 6.04 Å². The van der Waals surface area contributed by atoms with Gasteiger partial charge in [0.2, 0.25) is 0 Å². The molecule has 0 aliphatic rings. The van der Waals surface area contributed by atoms with Gasteiger partial charge in [-0.25, -0.2) is 4.79 Å². The average molecular weight is 216 g/mol. The van der Waals surface area contributed by atoms with Crippen LogP contribution in [0.25, 0.3) is 0 Å². The second kappa shape index (κ2) is 4.61. The third kappa shape index (κ3) is 1.95. The molecule has 2 aromatic rings. The van der Waals surface area contributed by atoms with Gasteiger partial charge < -0.3 is 4.74 Å². The summed E-state index contributed by atoms with van der Waals surface area (Å²) in [5.41, 5.74) is 0.859. The van der Waals surface area contributed by atoms with E-state index in [0.717, 1.165) is 5.56 Å². The molecule has 0 radical (unpaired) electrons. The number of rotatable bonds is 3. The van der Waals surface area contributed by atoms with Crippen LogP contribution in [0.5, 0.6) is 0 Å². The Hall–Kier alpha value is -2.10. The van der Waals surface area contributed by atoms with Crippen molar-refractivity contribution in [1.29, 1.82) is 0 Å². The average Bonchev–Trinajstić information content (AvgIpc) is 2.84. The van der Waals surface area contributed by atoms with E-state index in [4.69, 9.17) is 4.74 Å². The van der Waals surface area contributed by atoms with Crippen molar-refractivity contribution in [1.82, 2.24) is 9.78 Å². The van der Waals surface area contributed by atoms with Crippen LogP contribution in [-0.4, -0.2) is 22.9 Å². The van der Waals surface area contributed by atoms with Gasteiger partial charge in [-0.1, -0.05) is 30.3 Å². The van der Waals surface area contributed by atoms with Crippen LogP contribution in [-0.2, 0) is 9.53 Å². The first-order chi connectivity index (χ1) is 7.83. The van der Waals surface area contributed by atoms with Crippen molar-refractivity contribution in [2.24, 2.45) is 0 Å². The summed E-state index contributed by atoms with van der Waals surface area (Å²) in [6.07, 6.45) is 3.38. The number of hydrogen-bond acceptors (Lipinski definition) is 3. The normalized spacial score (nSPS) is 12.1. The van der Waals surface area contributed by atoms with Crippen LogP contribution < -0.4 is 0 Å². The third-order valence-electron chi connectivity index (χ3n) is 2.33. The van der Waals surface area contributed by atoms with Gasteiger partial charge in [-0.15, -0.1) is 0 Å². The summed E-state index contributed by atoms with van der Waals surface area (Å²) in [6, 6.07) is 10.7. The van der Waals surface area contributed by atoms with E-state index >= 15 is 0 Å². The lowest BCUT2D eigenvalue weighted by Gasteiger charge is -2.15. The number of nitrogens with zero attached hydrogens (tertiary/aromatic N) is 2. The van der Waals surface area contributed by atoms with E-state index in [1.807, 2.05) is 30.3 Å². The zero-order chi connectivity index (χ0) is 11.4. The van der Waals surface area contributed by atoms with Gasteiger partial charge in [0.25, 0.3) is 0 Å². The van der Waals surface area contributed by atoms with Crippen LogP contribution in [0, 0.1) is 0 Å². The molecule has 2 rings (SSSR count). The number of ether oxygens (including phenoxy) is 1. The van der Waals surface area contributed by atoms with Crippen LogP contribution in [0.15, 0.2) is 48.8 Å². The highest BCUT2D eigenvalue weighted by atomic mass is 16.5. The molecular formula is C12H12N2O2. The second-order valence-corrected chi connectivity index (χ2v) is 3.32. The summed E-state index contributed by atoms with van der Waals surface area (Å²) >= 11 is 0. The summed E-state index contributed by atoms with van der Waals surface area (Å²) < 4.78 is 6.38. The van der Waals surface area contributed by atoms with Gasteiger partial charge in [0, 0.05) is 12.4 Å². The quantitative estimate of drug-likeness (QED) is 0.733. The van der Waals surface area contributed by atoms with E-state index in [-0.39, 0.29) is 5.97 Å². The minimum atomic E-state index is -0.513. The Morgan fingerprint density at radius 2 is 2.06 bits per heavy atom. The van der Waals surface area contributed by atoms with Gasteiger partial charge in [0.1, 0.15) is 0 Å². The fraction of sp³-hybridized carbons (Fsp3) is 0.167. The minimum Gasteiger partial charge on any atom is -0.467 e. The maximum atomic E-state index is 11.7. The van der Waals surface area contributed by atoms with E-state index in [2.05, 4.69) is 5.10 Å². The van der Waals surface area contributed by atoms with Crippen LogP contribution >= 0.6 is 0 Å². The molecule has 82 valence electrons. The molecule has 0 unspecified atom stereocenters. The van der Waals surface area contributed by atoms with Crippen LogP contribution in [0.4, 0.5) is 0 Å². The molecule has 0 spiro atoms. The number of benzene rings is 1. The fourth-order valence-corrected chi connectivity index (χ4v) is 1.58. The highest BCUT2D eigenvalue weighted by molar-refractivity contribution is 5.77. The molecular weight excluding hydrogens is 204 g/mol. The summed E-state index contributed by atoms with van der Waals surface area (Å²) in [4.78, 5) is 11.7. The minimum absolute atomic E-state index is 0.324. The Balaban J connectivity index is 2.40. The molecule has 1 atom stereocenters. The Bertz CT molecular complexity index is 451. The lowest BCUT2D eigenvalue weighted by atomic mass is 10.1. The smallest absolute Gasteiger partial charge is 0.335 e. The van der Waals surface area contributed by atoms with E-state index in [1.54, 1.807) is 23.1 Å². The van der Waals surface area contributed by atoms with E-state index in [9.17, 15) is 4.79 Å². The molecule has 4 nitrogen and oxygen atoms in total. The third-order valence-corrected chi connectivity index (χ3v) is 2.33. The predicted molar refractivity (Wildman–Crippen MR) is 58.8 cm³/mol. The molecule has 0 bridgehead atoms. The van der Waals surface area contributed by atoms with Gasteiger partial charge in [0.15, 0.2) is 6.04 Å². The SMILES string of the molecule is COC(=O)[C@@H](c1ccccc1)n1cccn1. The molecule has 16 heavy (non-hydrogen) atoms. The largest absolute Gasteiger partial charge is 0.467 e. The van der Waals surface area contributed by atoms with Crippen LogP contribution in [0.1, 0.15) is 11.6 Å². The van der Waals surface area contributed by atoms with E-state index < -0.39 is 6.04 Å². The van der Waals surface area contributed by atoms with Crippen molar-refractivity contribution in [3.05, 3.63) is 54.4 Å². The number of carbonyl (C=O) groups excluding carboxylic acids is 1.